The molecule has 0 saturated carbocycles. The Labute approximate surface area is 165 Å². The summed E-state index contributed by atoms with van der Waals surface area (Å²) in [7, 11) is 4.56. The number of nitrogens with zero attached hydrogens (tertiary/aromatic N) is 1. The zero-order valence-corrected chi connectivity index (χ0v) is 16.4. The number of methoxy groups -OCH3 is 3. The van der Waals surface area contributed by atoms with Crippen molar-refractivity contribution in [1.82, 2.24) is 0 Å². The zero-order chi connectivity index (χ0) is 19.6. The third-order valence-electron chi connectivity index (χ3n) is 3.90. The molecule has 0 atom stereocenters. The van der Waals surface area contributed by atoms with Crippen molar-refractivity contribution in [3.63, 3.8) is 0 Å². The third-order valence-corrected chi connectivity index (χ3v) is 5.20. The van der Waals surface area contributed by atoms with Crippen molar-refractivity contribution >= 4 is 46.0 Å². The van der Waals surface area contributed by atoms with Gasteiger partial charge in [-0.15, -0.1) is 0 Å². The summed E-state index contributed by atoms with van der Waals surface area (Å²) in [6.07, 6.45) is 1.68. The van der Waals surface area contributed by atoms with E-state index in [0.717, 1.165) is 0 Å². The smallest absolute Gasteiger partial charge is 0.270 e. The van der Waals surface area contributed by atoms with Gasteiger partial charge in [0.25, 0.3) is 5.91 Å². The Morgan fingerprint density at radius 2 is 1.67 bits per heavy atom. The van der Waals surface area contributed by atoms with Crippen LogP contribution in [0, 0.1) is 5.82 Å². The molecule has 1 amide bonds. The zero-order valence-electron chi connectivity index (χ0n) is 14.8. The summed E-state index contributed by atoms with van der Waals surface area (Å²) in [6.45, 7) is 0. The number of carbonyl (C=O) groups is 1. The highest BCUT2D eigenvalue weighted by atomic mass is 32.2. The lowest BCUT2D eigenvalue weighted by molar-refractivity contribution is -0.113. The minimum absolute atomic E-state index is 0.284. The molecular weight excluding hydrogens is 389 g/mol. The molecule has 5 nitrogen and oxygen atoms in total. The van der Waals surface area contributed by atoms with Crippen molar-refractivity contribution in [2.75, 3.05) is 26.2 Å². The van der Waals surface area contributed by atoms with E-state index in [1.165, 1.54) is 62.3 Å². The number of hydrogen-bond acceptors (Lipinski definition) is 6. The number of benzene rings is 2. The molecule has 1 saturated heterocycles. The number of thioether (sulfide) groups is 1. The van der Waals surface area contributed by atoms with Gasteiger partial charge in [0.15, 0.2) is 15.8 Å². The highest BCUT2D eigenvalue weighted by Gasteiger charge is 2.33. The first kappa shape index (κ1) is 19.2. The molecule has 1 aliphatic rings. The normalized spacial score (nSPS) is 15.4. The van der Waals surface area contributed by atoms with E-state index >= 15 is 0 Å². The van der Waals surface area contributed by atoms with Crippen LogP contribution in [0.1, 0.15) is 5.56 Å². The molecule has 1 heterocycles. The summed E-state index contributed by atoms with van der Waals surface area (Å²) in [5.41, 5.74) is 1.16. The Bertz CT molecular complexity index is 928. The minimum Gasteiger partial charge on any atom is -0.493 e. The molecule has 0 spiro atoms. The van der Waals surface area contributed by atoms with E-state index in [4.69, 9.17) is 26.4 Å². The summed E-state index contributed by atoms with van der Waals surface area (Å²) < 4.78 is 29.6. The average Bonchev–Trinajstić information content (AvgIpc) is 2.95. The molecule has 0 aromatic heterocycles. The Morgan fingerprint density at radius 1 is 1.00 bits per heavy atom. The van der Waals surface area contributed by atoms with Gasteiger partial charge in [0.2, 0.25) is 5.75 Å². The van der Waals surface area contributed by atoms with Gasteiger partial charge < -0.3 is 14.2 Å². The molecule has 1 aliphatic heterocycles. The van der Waals surface area contributed by atoms with Gasteiger partial charge in [0, 0.05) is 5.56 Å². The second-order valence-corrected chi connectivity index (χ2v) is 7.09. The number of anilines is 1. The Balaban J connectivity index is 2.00. The molecule has 0 N–H and O–H groups in total. The lowest BCUT2D eigenvalue weighted by Crippen LogP contribution is -2.27. The van der Waals surface area contributed by atoms with Crippen LogP contribution >= 0.6 is 24.0 Å². The number of hydrogen-bond donors (Lipinski definition) is 0. The topological polar surface area (TPSA) is 48.0 Å². The summed E-state index contributed by atoms with van der Waals surface area (Å²) in [4.78, 5) is 14.6. The van der Waals surface area contributed by atoms with Gasteiger partial charge in [-0.05, 0) is 42.5 Å². The van der Waals surface area contributed by atoms with Crippen LogP contribution in [0.15, 0.2) is 41.3 Å². The molecule has 0 radical (unpaired) electrons. The van der Waals surface area contributed by atoms with Crippen LogP contribution in [-0.4, -0.2) is 31.6 Å². The number of ether oxygens (including phenoxy) is 3. The van der Waals surface area contributed by atoms with Gasteiger partial charge >= 0.3 is 0 Å². The van der Waals surface area contributed by atoms with E-state index in [0.29, 0.717) is 37.7 Å². The Morgan fingerprint density at radius 3 is 2.26 bits per heavy atom. The summed E-state index contributed by atoms with van der Waals surface area (Å²) in [6, 6.07) is 9.10. The fraction of sp³-hybridized carbons (Fsp3) is 0.158. The van der Waals surface area contributed by atoms with Crippen molar-refractivity contribution in [2.45, 2.75) is 0 Å². The average molecular weight is 405 g/mol. The predicted octanol–water partition coefficient (Wildman–Crippen LogP) is 4.26. The second-order valence-electron chi connectivity index (χ2n) is 5.42. The molecule has 1 fully saturated rings. The third kappa shape index (κ3) is 3.63. The largest absolute Gasteiger partial charge is 0.493 e. The first-order valence-corrected chi connectivity index (χ1v) is 9.05. The van der Waals surface area contributed by atoms with Crippen molar-refractivity contribution in [2.24, 2.45) is 0 Å². The van der Waals surface area contributed by atoms with Gasteiger partial charge in [-0.25, -0.2) is 4.39 Å². The highest BCUT2D eigenvalue weighted by molar-refractivity contribution is 8.27. The molecular formula is C19H16FNO4S2. The van der Waals surface area contributed by atoms with Gasteiger partial charge in [-0.1, -0.05) is 24.0 Å². The maximum absolute atomic E-state index is 13.2. The van der Waals surface area contributed by atoms with E-state index in [1.807, 2.05) is 0 Å². The Hall–Kier alpha value is -2.58. The van der Waals surface area contributed by atoms with E-state index in [-0.39, 0.29) is 11.7 Å². The standard InChI is InChI=1S/C19H16FNO4S2/c1-23-14-9-4-11(16(24-2)17(14)25-3)10-15-18(22)21(19(26)27-15)13-7-5-12(20)6-8-13/h4-10H,1-3H3/b15-10+. The SMILES string of the molecule is COc1ccc(/C=C2/SC(=S)N(c3ccc(F)cc3)C2=O)c(OC)c1OC. The van der Waals surface area contributed by atoms with Crippen molar-refractivity contribution in [3.8, 4) is 17.2 Å². The van der Waals surface area contributed by atoms with E-state index in [2.05, 4.69) is 0 Å². The van der Waals surface area contributed by atoms with Crippen molar-refractivity contribution in [3.05, 3.63) is 52.7 Å². The molecule has 0 unspecified atom stereocenters. The molecule has 0 bridgehead atoms. The van der Waals surface area contributed by atoms with Crippen LogP contribution in [0.2, 0.25) is 0 Å². The van der Waals surface area contributed by atoms with Gasteiger partial charge in [-0.3, -0.25) is 9.69 Å². The number of carbonyl (C=O) groups excluding carboxylic acids is 1. The van der Waals surface area contributed by atoms with E-state index < -0.39 is 0 Å². The number of amides is 1. The number of rotatable bonds is 5. The molecule has 8 heteroatoms. The first-order chi connectivity index (χ1) is 13.0. The van der Waals surface area contributed by atoms with Gasteiger partial charge in [0.1, 0.15) is 5.82 Å². The molecule has 2 aromatic carbocycles. The summed E-state index contributed by atoms with van der Waals surface area (Å²) in [5.74, 6) is 0.736. The maximum atomic E-state index is 13.2. The second kappa shape index (κ2) is 7.98. The quantitative estimate of drug-likeness (QED) is 0.547. The van der Waals surface area contributed by atoms with Gasteiger partial charge in [0.05, 0.1) is 31.9 Å². The lowest BCUT2D eigenvalue weighted by atomic mass is 10.1. The van der Waals surface area contributed by atoms with Crippen LogP contribution in [-0.2, 0) is 4.79 Å². The lowest BCUT2D eigenvalue weighted by Gasteiger charge is -2.15. The Kier molecular flexibility index (Phi) is 5.67. The molecule has 2 aromatic rings. The molecule has 140 valence electrons. The van der Waals surface area contributed by atoms with E-state index in [1.54, 1.807) is 18.2 Å². The van der Waals surface area contributed by atoms with Crippen LogP contribution in [0.25, 0.3) is 6.08 Å². The van der Waals surface area contributed by atoms with Crippen LogP contribution in [0.3, 0.4) is 0 Å². The van der Waals surface area contributed by atoms with E-state index in [9.17, 15) is 9.18 Å². The monoisotopic (exact) mass is 405 g/mol. The maximum Gasteiger partial charge on any atom is 0.270 e. The van der Waals surface area contributed by atoms with Crippen molar-refractivity contribution < 1.29 is 23.4 Å². The van der Waals surface area contributed by atoms with Crippen LogP contribution in [0.5, 0.6) is 17.2 Å². The number of halogens is 1. The number of thiocarbonyl (C=S) groups is 1. The van der Waals surface area contributed by atoms with Crippen LogP contribution in [0.4, 0.5) is 10.1 Å². The van der Waals surface area contributed by atoms with Crippen molar-refractivity contribution in [1.29, 1.82) is 0 Å². The fourth-order valence-electron chi connectivity index (χ4n) is 2.66. The predicted molar refractivity (Wildman–Crippen MR) is 108 cm³/mol. The first-order valence-electron chi connectivity index (χ1n) is 7.82. The minimum atomic E-state index is -0.380. The molecule has 0 aliphatic carbocycles. The summed E-state index contributed by atoms with van der Waals surface area (Å²) in [5, 5.41) is 0. The summed E-state index contributed by atoms with van der Waals surface area (Å²) >= 11 is 6.50. The van der Waals surface area contributed by atoms with Crippen LogP contribution < -0.4 is 19.1 Å². The highest BCUT2D eigenvalue weighted by Crippen LogP contribution is 2.43. The molecule has 27 heavy (non-hydrogen) atoms. The van der Waals surface area contributed by atoms with Gasteiger partial charge in [-0.2, -0.15) is 0 Å². The molecule has 3 rings (SSSR count). The fourth-order valence-corrected chi connectivity index (χ4v) is 3.95.